The second-order valence-electron chi connectivity index (χ2n) is 7.61. The normalized spacial score (nSPS) is 10.6. The summed E-state index contributed by atoms with van der Waals surface area (Å²) in [4.78, 5) is 13.2. The highest BCUT2D eigenvalue weighted by atomic mass is 16.4. The summed E-state index contributed by atoms with van der Waals surface area (Å²) >= 11 is 0. The molecule has 0 radical (unpaired) electrons. The maximum atomic E-state index is 10.3. The van der Waals surface area contributed by atoms with E-state index < -0.39 is 5.97 Å². The summed E-state index contributed by atoms with van der Waals surface area (Å²) in [7, 11) is 0. The first-order chi connectivity index (χ1) is 13.6. The number of rotatable bonds is 14. The van der Waals surface area contributed by atoms with Crippen molar-refractivity contribution in [2.75, 3.05) is 0 Å². The lowest BCUT2D eigenvalue weighted by atomic mass is 10.0. The van der Waals surface area contributed by atoms with Crippen LogP contribution < -0.4 is 0 Å². The number of hydrogen-bond donors (Lipinski definition) is 3. The molecule has 0 aliphatic rings. The van der Waals surface area contributed by atoms with E-state index in [-0.39, 0.29) is 0 Å². The molecule has 0 aliphatic carbocycles. The first-order valence-electron chi connectivity index (χ1n) is 11.1. The van der Waals surface area contributed by atoms with E-state index in [1.54, 1.807) is 6.20 Å². The molecule has 0 saturated carbocycles. The summed E-state index contributed by atoms with van der Waals surface area (Å²) in [5.41, 5.74) is 0.972. The van der Waals surface area contributed by atoms with Gasteiger partial charge in [0.2, 0.25) is 0 Å². The van der Waals surface area contributed by atoms with Crippen LogP contribution in [0, 0.1) is 0 Å². The Morgan fingerprint density at radius 2 is 1.32 bits per heavy atom. The molecule has 0 atom stereocenters. The van der Waals surface area contributed by atoms with Crippen LogP contribution in [0.2, 0.25) is 0 Å². The lowest BCUT2D eigenvalue weighted by Crippen LogP contribution is -1.93. The molecule has 2 rings (SSSR count). The molecule has 0 fully saturated rings. The van der Waals surface area contributed by atoms with Crippen molar-refractivity contribution in [3.63, 3.8) is 0 Å². The number of nitrogens with one attached hydrogen (secondary N) is 1. The van der Waals surface area contributed by atoms with Crippen LogP contribution in [0.4, 0.5) is 0 Å². The van der Waals surface area contributed by atoms with Crippen molar-refractivity contribution in [2.45, 2.75) is 96.8 Å². The molecule has 4 nitrogen and oxygen atoms in total. The van der Waals surface area contributed by atoms with Crippen LogP contribution in [0.5, 0.6) is 5.75 Å². The van der Waals surface area contributed by atoms with Gasteiger partial charge in [-0.15, -0.1) is 0 Å². The molecule has 4 heteroatoms. The molecule has 1 heterocycles. The van der Waals surface area contributed by atoms with Crippen molar-refractivity contribution >= 4 is 16.9 Å². The maximum absolute atomic E-state index is 10.3. The van der Waals surface area contributed by atoms with Crippen LogP contribution in [0.15, 0.2) is 30.5 Å². The van der Waals surface area contributed by atoms with E-state index in [9.17, 15) is 9.90 Å². The van der Waals surface area contributed by atoms with E-state index in [1.165, 1.54) is 70.6 Å². The number of aromatic hydroxyl groups is 1. The molecule has 3 N–H and O–H groups in total. The molecule has 0 amide bonds. The number of carbonyl (C=O) groups is 1. The van der Waals surface area contributed by atoms with Gasteiger partial charge in [-0.05, 0) is 18.6 Å². The molecule has 0 unspecified atom stereocenters. The highest BCUT2D eigenvalue weighted by molar-refractivity contribution is 5.85. The number of aromatic nitrogens is 1. The Kier molecular flexibility index (Phi) is 13.8. The Morgan fingerprint density at radius 1 is 0.821 bits per heavy atom. The number of para-hydroxylation sites is 1. The Balaban J connectivity index is 0.000000324. The van der Waals surface area contributed by atoms with Crippen molar-refractivity contribution in [1.82, 2.24) is 4.98 Å². The summed E-state index contributed by atoms with van der Waals surface area (Å²) in [5, 5.41) is 18.5. The van der Waals surface area contributed by atoms with E-state index in [0.29, 0.717) is 12.2 Å². The number of aliphatic carboxylic acids is 1. The highest BCUT2D eigenvalue weighted by Gasteiger charge is 1.98. The van der Waals surface area contributed by atoms with Gasteiger partial charge in [0.1, 0.15) is 5.75 Å². The van der Waals surface area contributed by atoms with Crippen LogP contribution in [0.3, 0.4) is 0 Å². The van der Waals surface area contributed by atoms with E-state index in [0.717, 1.165) is 23.7 Å². The van der Waals surface area contributed by atoms with Gasteiger partial charge >= 0.3 is 5.97 Å². The van der Waals surface area contributed by atoms with Gasteiger partial charge in [-0.25, -0.2) is 0 Å². The number of benzene rings is 1. The minimum Gasteiger partial charge on any atom is -0.506 e. The number of hydrogen-bond acceptors (Lipinski definition) is 2. The second-order valence-corrected chi connectivity index (χ2v) is 7.61. The molecular weight excluding hydrogens is 350 g/mol. The van der Waals surface area contributed by atoms with Crippen molar-refractivity contribution in [2.24, 2.45) is 0 Å². The fraction of sp³-hybridized carbons (Fsp3) is 0.625. The van der Waals surface area contributed by atoms with Gasteiger partial charge in [0.15, 0.2) is 0 Å². The third kappa shape index (κ3) is 11.7. The fourth-order valence-corrected chi connectivity index (χ4v) is 3.35. The van der Waals surface area contributed by atoms with Gasteiger partial charge in [-0.3, -0.25) is 4.79 Å². The quantitative estimate of drug-likeness (QED) is 0.294. The van der Waals surface area contributed by atoms with Gasteiger partial charge in [0.25, 0.3) is 0 Å². The second kappa shape index (κ2) is 16.0. The zero-order valence-corrected chi connectivity index (χ0v) is 17.6. The third-order valence-corrected chi connectivity index (χ3v) is 5.06. The average Bonchev–Trinajstić information content (AvgIpc) is 3.07. The van der Waals surface area contributed by atoms with E-state index in [2.05, 4.69) is 11.9 Å². The Morgan fingerprint density at radius 3 is 1.82 bits per heavy atom. The number of H-pyrrole nitrogens is 1. The van der Waals surface area contributed by atoms with Crippen LogP contribution in [-0.4, -0.2) is 21.2 Å². The summed E-state index contributed by atoms with van der Waals surface area (Å²) < 4.78 is 0. The smallest absolute Gasteiger partial charge is 0.303 e. The third-order valence-electron chi connectivity index (χ3n) is 5.06. The molecule has 1 aromatic carbocycles. The van der Waals surface area contributed by atoms with Crippen LogP contribution >= 0.6 is 0 Å². The minimum atomic E-state index is -0.655. The average molecular weight is 390 g/mol. The van der Waals surface area contributed by atoms with Crippen molar-refractivity contribution in [3.8, 4) is 5.75 Å². The molecule has 2 aromatic rings. The SMILES string of the molecule is CCCCCCCCCCCCCCCC(=O)O.Oc1c[nH]c2ccccc12. The fourth-order valence-electron chi connectivity index (χ4n) is 3.35. The van der Waals surface area contributed by atoms with Crippen LogP contribution in [-0.2, 0) is 4.79 Å². The van der Waals surface area contributed by atoms with Gasteiger partial charge < -0.3 is 15.2 Å². The highest BCUT2D eigenvalue weighted by Crippen LogP contribution is 2.22. The van der Waals surface area contributed by atoms with Gasteiger partial charge in [-0.2, -0.15) is 0 Å². The standard InChI is InChI=1S/C16H32O2.C8H7NO/c1-2-3-4-5-6-7-8-9-10-11-12-13-14-15-16(17)18;10-8-5-9-7-4-2-1-3-6(7)8/h2-15H2,1H3,(H,17,18);1-5,9-10H. The van der Waals surface area contributed by atoms with Crippen molar-refractivity contribution in [3.05, 3.63) is 30.5 Å². The lowest BCUT2D eigenvalue weighted by molar-refractivity contribution is -0.137. The molecular formula is C24H39NO3. The van der Waals surface area contributed by atoms with Crippen LogP contribution in [0.1, 0.15) is 96.8 Å². The Labute approximate surface area is 170 Å². The number of unbranched alkanes of at least 4 members (excludes halogenated alkanes) is 12. The largest absolute Gasteiger partial charge is 0.506 e. The molecule has 158 valence electrons. The molecule has 0 saturated heterocycles. The maximum Gasteiger partial charge on any atom is 0.303 e. The monoisotopic (exact) mass is 389 g/mol. The number of carboxylic acid groups (broad SMARTS) is 1. The van der Waals surface area contributed by atoms with Gasteiger partial charge in [-0.1, -0.05) is 96.1 Å². The molecule has 0 bridgehead atoms. The Hall–Kier alpha value is -1.97. The summed E-state index contributed by atoms with van der Waals surface area (Å²) in [6, 6.07) is 7.63. The Bertz CT molecular complexity index is 636. The predicted octanol–water partition coefficient (Wildman–Crippen LogP) is 7.43. The first kappa shape index (κ1) is 24.1. The van der Waals surface area contributed by atoms with E-state index >= 15 is 0 Å². The number of fused-ring (bicyclic) bond motifs is 1. The van der Waals surface area contributed by atoms with E-state index in [4.69, 9.17) is 5.11 Å². The molecule has 1 aromatic heterocycles. The van der Waals surface area contributed by atoms with Crippen molar-refractivity contribution < 1.29 is 15.0 Å². The van der Waals surface area contributed by atoms with Gasteiger partial charge in [0.05, 0.1) is 0 Å². The summed E-state index contributed by atoms with van der Waals surface area (Å²) in [6.07, 6.45) is 18.9. The zero-order valence-electron chi connectivity index (χ0n) is 17.6. The zero-order chi connectivity index (χ0) is 20.5. The minimum absolute atomic E-state index is 0.315. The molecule has 0 spiro atoms. The lowest BCUT2D eigenvalue weighted by Gasteiger charge is -2.02. The molecule has 0 aliphatic heterocycles. The number of aromatic amines is 1. The summed E-state index contributed by atoms with van der Waals surface area (Å²) in [6.45, 7) is 2.26. The topological polar surface area (TPSA) is 73.3 Å². The molecule has 28 heavy (non-hydrogen) atoms. The number of carboxylic acids is 1. The van der Waals surface area contributed by atoms with Gasteiger partial charge in [0, 0.05) is 23.5 Å². The summed E-state index contributed by atoms with van der Waals surface area (Å²) in [5.74, 6) is -0.339. The van der Waals surface area contributed by atoms with Crippen molar-refractivity contribution in [1.29, 1.82) is 0 Å². The van der Waals surface area contributed by atoms with E-state index in [1.807, 2.05) is 24.3 Å². The van der Waals surface area contributed by atoms with Crippen LogP contribution in [0.25, 0.3) is 10.9 Å². The first-order valence-corrected chi connectivity index (χ1v) is 11.1. The predicted molar refractivity (Wildman–Crippen MR) is 118 cm³/mol.